The second kappa shape index (κ2) is 7.74. The molecule has 0 saturated carbocycles. The van der Waals surface area contributed by atoms with Crippen LogP contribution < -0.4 is 11.1 Å². The van der Waals surface area contributed by atoms with Gasteiger partial charge in [0.25, 0.3) is 0 Å². The van der Waals surface area contributed by atoms with Gasteiger partial charge in [-0.1, -0.05) is 12.1 Å². The van der Waals surface area contributed by atoms with Gasteiger partial charge in [0, 0.05) is 30.9 Å². The van der Waals surface area contributed by atoms with Crippen LogP contribution >= 0.6 is 0 Å². The maximum atomic E-state index is 11.4. The number of nitrogens with two attached hydrogens (primary N) is 1. The second-order valence-corrected chi connectivity index (χ2v) is 6.97. The van der Waals surface area contributed by atoms with Crippen LogP contribution in [0.25, 0.3) is 0 Å². The number of primary amides is 1. The number of hydrogen-bond acceptors (Lipinski definition) is 4. The maximum absolute atomic E-state index is 11.4. The zero-order valence-electron chi connectivity index (χ0n) is 15.0. The van der Waals surface area contributed by atoms with Crippen molar-refractivity contribution in [3.63, 3.8) is 0 Å². The third-order valence-electron chi connectivity index (χ3n) is 4.87. The van der Waals surface area contributed by atoms with Crippen molar-refractivity contribution in [2.24, 2.45) is 11.7 Å². The minimum Gasteiger partial charge on any atom is -0.466 e. The van der Waals surface area contributed by atoms with E-state index in [0.717, 1.165) is 56.2 Å². The van der Waals surface area contributed by atoms with Gasteiger partial charge < -0.3 is 15.5 Å². The Bertz CT molecular complexity index is 738. The summed E-state index contributed by atoms with van der Waals surface area (Å²) in [6, 6.07) is 10.5. The molecule has 1 fully saturated rings. The van der Waals surface area contributed by atoms with Gasteiger partial charge in [-0.3, -0.25) is 9.69 Å². The van der Waals surface area contributed by atoms with Crippen LogP contribution in [-0.4, -0.2) is 23.9 Å². The lowest BCUT2D eigenvalue weighted by Crippen LogP contribution is -2.40. The lowest BCUT2D eigenvalue weighted by molar-refractivity contribution is -0.123. The van der Waals surface area contributed by atoms with E-state index in [1.54, 1.807) is 0 Å². The summed E-state index contributed by atoms with van der Waals surface area (Å²) >= 11 is 0. The normalized spacial score (nSPS) is 18.2. The molecular weight excluding hydrogens is 314 g/mol. The molecule has 3 N–H and O–H groups in total. The maximum Gasteiger partial charge on any atom is 0.221 e. The van der Waals surface area contributed by atoms with E-state index >= 15 is 0 Å². The molecule has 3 rings (SSSR count). The number of amides is 1. The zero-order valence-corrected chi connectivity index (χ0v) is 15.0. The van der Waals surface area contributed by atoms with Crippen molar-refractivity contribution in [3.8, 4) is 0 Å². The van der Waals surface area contributed by atoms with Gasteiger partial charge in [-0.2, -0.15) is 0 Å². The molecule has 0 bridgehead atoms. The molecular formula is C20H27N3O2. The minimum absolute atomic E-state index is 0.0117. The highest BCUT2D eigenvalue weighted by molar-refractivity contribution is 5.76. The molecule has 0 radical (unpaired) electrons. The van der Waals surface area contributed by atoms with Crippen molar-refractivity contribution in [3.05, 3.63) is 53.0 Å². The minimum atomic E-state index is -0.175. The van der Waals surface area contributed by atoms with E-state index in [4.69, 9.17) is 10.2 Å². The first-order valence-corrected chi connectivity index (χ1v) is 8.91. The number of benzene rings is 1. The molecule has 0 spiro atoms. The van der Waals surface area contributed by atoms with Crippen molar-refractivity contribution < 1.29 is 9.21 Å². The number of hydrogen-bond donors (Lipinski definition) is 2. The second-order valence-electron chi connectivity index (χ2n) is 6.97. The van der Waals surface area contributed by atoms with Crippen LogP contribution in [0.15, 0.2) is 34.7 Å². The Labute approximate surface area is 149 Å². The summed E-state index contributed by atoms with van der Waals surface area (Å²) in [6.07, 6.45) is 1.95. The van der Waals surface area contributed by atoms with Crippen LogP contribution in [0.3, 0.4) is 0 Å². The van der Waals surface area contributed by atoms with Crippen LogP contribution in [0.2, 0.25) is 0 Å². The van der Waals surface area contributed by atoms with Gasteiger partial charge in [0.1, 0.15) is 11.5 Å². The monoisotopic (exact) mass is 341 g/mol. The highest BCUT2D eigenvalue weighted by Gasteiger charge is 2.23. The van der Waals surface area contributed by atoms with E-state index in [1.807, 2.05) is 13.8 Å². The summed E-state index contributed by atoms with van der Waals surface area (Å²) < 4.78 is 5.57. The third-order valence-corrected chi connectivity index (χ3v) is 4.87. The number of anilines is 1. The van der Waals surface area contributed by atoms with Gasteiger partial charge in [0.05, 0.1) is 5.92 Å². The lowest BCUT2D eigenvalue weighted by Gasteiger charge is -2.31. The molecule has 25 heavy (non-hydrogen) atoms. The highest BCUT2D eigenvalue weighted by Crippen LogP contribution is 2.21. The number of carbonyl (C=O) groups is 1. The van der Waals surface area contributed by atoms with Crippen LogP contribution in [-0.2, 0) is 17.9 Å². The molecule has 2 aromatic rings. The Balaban J connectivity index is 1.59. The Morgan fingerprint density at radius 2 is 2.20 bits per heavy atom. The Morgan fingerprint density at radius 3 is 2.92 bits per heavy atom. The summed E-state index contributed by atoms with van der Waals surface area (Å²) in [6.45, 7) is 7.35. The van der Waals surface area contributed by atoms with E-state index in [9.17, 15) is 4.79 Å². The molecule has 1 aliphatic heterocycles. The van der Waals surface area contributed by atoms with Gasteiger partial charge in [-0.05, 0) is 57.0 Å². The van der Waals surface area contributed by atoms with Crippen molar-refractivity contribution >= 4 is 11.6 Å². The summed E-state index contributed by atoms with van der Waals surface area (Å²) in [5, 5.41) is 3.47. The molecule has 5 heteroatoms. The molecule has 1 aromatic heterocycles. The largest absolute Gasteiger partial charge is 0.466 e. The Hall–Kier alpha value is -2.27. The van der Waals surface area contributed by atoms with E-state index in [2.05, 4.69) is 40.5 Å². The quantitative estimate of drug-likeness (QED) is 0.846. The first-order valence-electron chi connectivity index (χ1n) is 8.91. The number of nitrogens with zero attached hydrogens (tertiary/aromatic N) is 1. The van der Waals surface area contributed by atoms with Gasteiger partial charge >= 0.3 is 0 Å². The fourth-order valence-electron chi connectivity index (χ4n) is 3.53. The summed E-state index contributed by atoms with van der Waals surface area (Å²) in [5.74, 6) is 1.72. The molecule has 1 saturated heterocycles. The van der Waals surface area contributed by atoms with Crippen molar-refractivity contribution in [1.82, 2.24) is 4.90 Å². The number of rotatable bonds is 6. The SMILES string of the molecule is Cc1cc(CNc2cccc(CN3CCC[C@@H](C(N)=O)C3)c2)c(C)o1. The van der Waals surface area contributed by atoms with Crippen LogP contribution in [0.5, 0.6) is 0 Å². The molecule has 1 aliphatic rings. The summed E-state index contributed by atoms with van der Waals surface area (Å²) in [4.78, 5) is 13.8. The number of furan rings is 1. The fourth-order valence-corrected chi connectivity index (χ4v) is 3.53. The van der Waals surface area contributed by atoms with Gasteiger partial charge in [-0.25, -0.2) is 0 Å². The number of nitrogens with one attached hydrogen (secondary N) is 1. The highest BCUT2D eigenvalue weighted by atomic mass is 16.3. The Morgan fingerprint density at radius 1 is 1.36 bits per heavy atom. The third kappa shape index (κ3) is 4.63. The number of piperidine rings is 1. The van der Waals surface area contributed by atoms with E-state index in [1.165, 1.54) is 11.1 Å². The van der Waals surface area contributed by atoms with Crippen LogP contribution in [0.4, 0.5) is 5.69 Å². The Kier molecular flexibility index (Phi) is 5.43. The average molecular weight is 341 g/mol. The van der Waals surface area contributed by atoms with Gasteiger partial charge in [-0.15, -0.1) is 0 Å². The van der Waals surface area contributed by atoms with Crippen molar-refractivity contribution in [2.45, 2.75) is 39.8 Å². The van der Waals surface area contributed by atoms with E-state index < -0.39 is 0 Å². The standard InChI is InChI=1S/C20H27N3O2/c1-14-9-18(15(2)25-14)11-22-19-7-3-5-16(10-19)12-23-8-4-6-17(13-23)20(21)24/h3,5,7,9-10,17,22H,4,6,8,11-13H2,1-2H3,(H2,21,24)/t17-/m1/s1. The first-order chi connectivity index (χ1) is 12.0. The fraction of sp³-hybridized carbons (Fsp3) is 0.450. The number of carbonyl (C=O) groups excluding carboxylic acids is 1. The predicted octanol–water partition coefficient (Wildman–Crippen LogP) is 3.21. The molecule has 1 aromatic carbocycles. The molecule has 2 heterocycles. The molecule has 0 aliphatic carbocycles. The van der Waals surface area contributed by atoms with Crippen LogP contribution in [0, 0.1) is 19.8 Å². The first kappa shape index (κ1) is 17.5. The average Bonchev–Trinajstić information content (AvgIpc) is 2.91. The van der Waals surface area contributed by atoms with Gasteiger partial charge in [0.15, 0.2) is 0 Å². The smallest absolute Gasteiger partial charge is 0.221 e. The van der Waals surface area contributed by atoms with Gasteiger partial charge in [0.2, 0.25) is 5.91 Å². The van der Waals surface area contributed by atoms with Crippen molar-refractivity contribution in [1.29, 1.82) is 0 Å². The van der Waals surface area contributed by atoms with E-state index in [-0.39, 0.29) is 11.8 Å². The van der Waals surface area contributed by atoms with Crippen LogP contribution in [0.1, 0.15) is 35.5 Å². The van der Waals surface area contributed by atoms with E-state index in [0.29, 0.717) is 0 Å². The number of likely N-dealkylation sites (tertiary alicyclic amines) is 1. The number of aryl methyl sites for hydroxylation is 2. The predicted molar refractivity (Wildman–Crippen MR) is 99.1 cm³/mol. The molecule has 1 amide bonds. The van der Waals surface area contributed by atoms with Crippen molar-refractivity contribution in [2.75, 3.05) is 18.4 Å². The zero-order chi connectivity index (χ0) is 17.8. The summed E-state index contributed by atoms with van der Waals surface area (Å²) in [5.41, 5.74) is 9.00. The topological polar surface area (TPSA) is 71.5 Å². The summed E-state index contributed by atoms with van der Waals surface area (Å²) in [7, 11) is 0. The molecule has 1 atom stereocenters. The molecule has 134 valence electrons. The lowest BCUT2D eigenvalue weighted by atomic mass is 9.97. The molecule has 5 nitrogen and oxygen atoms in total. The molecule has 0 unspecified atom stereocenters.